The molecule has 4 nitrogen and oxygen atoms in total. The van der Waals surface area contributed by atoms with Gasteiger partial charge in [0.05, 0.1) is 4.88 Å². The zero-order valence-corrected chi connectivity index (χ0v) is 11.6. The molecule has 0 aliphatic carbocycles. The normalized spacial score (nSPS) is 9.89. The number of hydrogen-bond donors (Lipinski definition) is 2. The molecular weight excluding hydrogens is 280 g/mol. The van der Waals surface area contributed by atoms with Crippen LogP contribution in [0.3, 0.4) is 0 Å². The minimum Gasteiger partial charge on any atom is -0.486 e. The molecule has 0 aliphatic rings. The van der Waals surface area contributed by atoms with Crippen LogP contribution in [0.5, 0.6) is 5.75 Å². The summed E-state index contributed by atoms with van der Waals surface area (Å²) in [5.41, 5.74) is 6.03. The maximum absolute atomic E-state index is 11.9. The number of thiocarbonyl (C=S) groups is 1. The van der Waals surface area contributed by atoms with Gasteiger partial charge in [-0.25, -0.2) is 0 Å². The highest BCUT2D eigenvalue weighted by molar-refractivity contribution is 7.80. The van der Waals surface area contributed by atoms with Gasteiger partial charge in [-0.2, -0.15) is 0 Å². The van der Waals surface area contributed by atoms with Crippen molar-refractivity contribution in [2.24, 2.45) is 5.73 Å². The Balaban J connectivity index is 2.02. The highest BCUT2D eigenvalue weighted by Gasteiger charge is 2.07. The number of carbonyl (C=O) groups is 1. The average Bonchev–Trinajstić information content (AvgIpc) is 2.91. The fraction of sp³-hybridized carbons (Fsp3) is 0.0769. The molecule has 0 spiro atoms. The monoisotopic (exact) mass is 292 g/mol. The molecular formula is C13H12N2O2S2. The van der Waals surface area contributed by atoms with Crippen molar-refractivity contribution in [1.29, 1.82) is 0 Å². The molecule has 0 bridgehead atoms. The van der Waals surface area contributed by atoms with Crippen molar-refractivity contribution >= 4 is 40.1 Å². The van der Waals surface area contributed by atoms with Gasteiger partial charge in [0, 0.05) is 11.8 Å². The predicted molar refractivity (Wildman–Crippen MR) is 81.0 cm³/mol. The summed E-state index contributed by atoms with van der Waals surface area (Å²) in [6.07, 6.45) is 0. The van der Waals surface area contributed by atoms with Crippen molar-refractivity contribution in [2.75, 3.05) is 11.9 Å². The number of nitrogens with two attached hydrogens (primary N) is 1. The van der Waals surface area contributed by atoms with Crippen LogP contribution in [0.1, 0.15) is 9.67 Å². The number of amides is 1. The second-order valence-electron chi connectivity index (χ2n) is 3.71. The molecule has 6 heteroatoms. The third-order valence-electron chi connectivity index (χ3n) is 2.22. The summed E-state index contributed by atoms with van der Waals surface area (Å²) < 4.78 is 5.37. The van der Waals surface area contributed by atoms with Crippen LogP contribution in [0, 0.1) is 0 Å². The molecule has 0 atom stereocenters. The summed E-state index contributed by atoms with van der Waals surface area (Å²) in [5.74, 6) is 0.471. The van der Waals surface area contributed by atoms with Gasteiger partial charge >= 0.3 is 0 Å². The van der Waals surface area contributed by atoms with E-state index in [0.717, 1.165) is 0 Å². The lowest BCUT2D eigenvalue weighted by Gasteiger charge is -2.08. The first kappa shape index (κ1) is 13.5. The van der Waals surface area contributed by atoms with Crippen molar-refractivity contribution < 1.29 is 9.53 Å². The summed E-state index contributed by atoms with van der Waals surface area (Å²) in [6, 6.07) is 10.7. The molecule has 3 N–H and O–H groups in total. The number of rotatable bonds is 5. The number of nitrogens with one attached hydrogen (secondary N) is 1. The first-order valence-electron chi connectivity index (χ1n) is 5.51. The van der Waals surface area contributed by atoms with E-state index in [1.807, 2.05) is 11.4 Å². The van der Waals surface area contributed by atoms with Crippen molar-refractivity contribution in [1.82, 2.24) is 0 Å². The maximum atomic E-state index is 11.9. The predicted octanol–water partition coefficient (Wildman–Crippen LogP) is 2.67. The van der Waals surface area contributed by atoms with Gasteiger partial charge in [0.25, 0.3) is 5.91 Å². The van der Waals surface area contributed by atoms with E-state index in [9.17, 15) is 4.79 Å². The van der Waals surface area contributed by atoms with Gasteiger partial charge in [-0.3, -0.25) is 4.79 Å². The Morgan fingerprint density at radius 3 is 2.89 bits per heavy atom. The molecule has 98 valence electrons. The number of carbonyl (C=O) groups excluding carboxylic acids is 1. The average molecular weight is 292 g/mol. The molecule has 1 amide bonds. The minimum absolute atomic E-state index is 0.138. The molecule has 0 radical (unpaired) electrons. The smallest absolute Gasteiger partial charge is 0.265 e. The van der Waals surface area contributed by atoms with Crippen molar-refractivity contribution in [2.45, 2.75) is 0 Å². The summed E-state index contributed by atoms with van der Waals surface area (Å²) in [4.78, 5) is 12.8. The fourth-order valence-electron chi connectivity index (χ4n) is 1.42. The van der Waals surface area contributed by atoms with Crippen molar-refractivity contribution in [3.63, 3.8) is 0 Å². The molecule has 1 heterocycles. The zero-order valence-electron chi connectivity index (χ0n) is 9.96. The number of anilines is 1. The fourth-order valence-corrected chi connectivity index (χ4v) is 2.10. The van der Waals surface area contributed by atoms with E-state index in [-0.39, 0.29) is 17.5 Å². The molecule has 1 aromatic heterocycles. The van der Waals surface area contributed by atoms with E-state index < -0.39 is 0 Å². The van der Waals surface area contributed by atoms with E-state index in [1.165, 1.54) is 11.3 Å². The summed E-state index contributed by atoms with van der Waals surface area (Å²) >= 11 is 6.13. The van der Waals surface area contributed by atoms with Crippen LogP contribution in [-0.2, 0) is 0 Å². The summed E-state index contributed by atoms with van der Waals surface area (Å²) in [5, 5.41) is 4.66. The number of ether oxygens (including phenoxy) is 1. The molecule has 0 unspecified atom stereocenters. The van der Waals surface area contributed by atoms with Gasteiger partial charge < -0.3 is 15.8 Å². The molecule has 19 heavy (non-hydrogen) atoms. The number of thiophene rings is 1. The maximum Gasteiger partial charge on any atom is 0.265 e. The molecule has 0 aliphatic heterocycles. The van der Waals surface area contributed by atoms with Gasteiger partial charge in [-0.1, -0.05) is 24.4 Å². The van der Waals surface area contributed by atoms with E-state index >= 15 is 0 Å². The van der Waals surface area contributed by atoms with Gasteiger partial charge in [-0.15, -0.1) is 11.3 Å². The molecule has 1 aromatic carbocycles. The zero-order chi connectivity index (χ0) is 13.7. The van der Waals surface area contributed by atoms with Crippen LogP contribution in [-0.4, -0.2) is 17.5 Å². The SMILES string of the molecule is NC(=S)COc1cccc(NC(=O)c2cccs2)c1. The number of hydrogen-bond acceptors (Lipinski definition) is 4. The quantitative estimate of drug-likeness (QED) is 0.832. The van der Waals surface area contributed by atoms with Crippen LogP contribution in [0.4, 0.5) is 5.69 Å². The lowest BCUT2D eigenvalue weighted by atomic mass is 10.3. The van der Waals surface area contributed by atoms with Crippen LogP contribution in [0.2, 0.25) is 0 Å². The Bertz CT molecular complexity index is 582. The highest BCUT2D eigenvalue weighted by atomic mass is 32.1. The Kier molecular flexibility index (Phi) is 4.48. The van der Waals surface area contributed by atoms with Crippen LogP contribution in [0.15, 0.2) is 41.8 Å². The Labute approximate surface area is 120 Å². The topological polar surface area (TPSA) is 64.3 Å². The second-order valence-corrected chi connectivity index (χ2v) is 5.19. The first-order valence-corrected chi connectivity index (χ1v) is 6.80. The standard InChI is InChI=1S/C13H12N2O2S2/c14-12(18)8-17-10-4-1-3-9(7-10)15-13(16)11-5-2-6-19-11/h1-7H,8H2,(H2,14,18)(H,15,16). The molecule has 0 fully saturated rings. The van der Waals surface area contributed by atoms with Gasteiger partial charge in [0.2, 0.25) is 0 Å². The van der Waals surface area contributed by atoms with Crippen LogP contribution < -0.4 is 15.8 Å². The van der Waals surface area contributed by atoms with E-state index in [2.05, 4.69) is 5.32 Å². The molecule has 2 rings (SSSR count). The third-order valence-corrected chi connectivity index (χ3v) is 3.20. The minimum atomic E-state index is -0.138. The van der Waals surface area contributed by atoms with Gasteiger partial charge in [0.15, 0.2) is 0 Å². The first-order chi connectivity index (χ1) is 9.15. The molecule has 2 aromatic rings. The van der Waals surface area contributed by atoms with Gasteiger partial charge in [-0.05, 0) is 23.6 Å². The van der Waals surface area contributed by atoms with E-state index in [0.29, 0.717) is 16.3 Å². The van der Waals surface area contributed by atoms with E-state index in [4.69, 9.17) is 22.7 Å². The second kappa shape index (κ2) is 6.31. The lowest BCUT2D eigenvalue weighted by Crippen LogP contribution is -2.18. The number of benzene rings is 1. The van der Waals surface area contributed by atoms with Crippen molar-refractivity contribution in [3.05, 3.63) is 46.7 Å². The molecule has 0 saturated heterocycles. The van der Waals surface area contributed by atoms with Gasteiger partial charge in [0.1, 0.15) is 17.3 Å². The Morgan fingerprint density at radius 1 is 1.37 bits per heavy atom. The Morgan fingerprint density at radius 2 is 2.21 bits per heavy atom. The summed E-state index contributed by atoms with van der Waals surface area (Å²) in [7, 11) is 0. The third kappa shape index (κ3) is 4.04. The Hall–Kier alpha value is -1.92. The largest absolute Gasteiger partial charge is 0.486 e. The highest BCUT2D eigenvalue weighted by Crippen LogP contribution is 2.19. The van der Waals surface area contributed by atoms with E-state index in [1.54, 1.807) is 30.3 Å². The van der Waals surface area contributed by atoms with Crippen molar-refractivity contribution in [3.8, 4) is 5.75 Å². The van der Waals surface area contributed by atoms with Crippen LogP contribution >= 0.6 is 23.6 Å². The molecule has 0 saturated carbocycles. The lowest BCUT2D eigenvalue weighted by molar-refractivity contribution is 0.103. The summed E-state index contributed by atoms with van der Waals surface area (Å²) in [6.45, 7) is 0.178. The van der Waals surface area contributed by atoms with Crippen LogP contribution in [0.25, 0.3) is 0 Å².